The average molecular weight is 525 g/mol. The zero-order valence-electron chi connectivity index (χ0n) is 21.5. The van der Waals surface area contributed by atoms with E-state index in [4.69, 9.17) is 0 Å². The second-order valence-electron chi connectivity index (χ2n) is 11.5. The quantitative estimate of drug-likeness (QED) is 0.273. The van der Waals surface area contributed by atoms with E-state index in [0.29, 0.717) is 29.8 Å². The van der Waals surface area contributed by atoms with Crippen LogP contribution in [0.4, 0.5) is 4.39 Å². The first-order chi connectivity index (χ1) is 18.6. The first-order valence-electron chi connectivity index (χ1n) is 13.9. The lowest BCUT2D eigenvalue weighted by atomic mass is 9.83. The lowest BCUT2D eigenvalue weighted by Crippen LogP contribution is -2.45. The van der Waals surface area contributed by atoms with E-state index in [2.05, 4.69) is 44.8 Å². The Labute approximate surface area is 227 Å². The molecule has 3 saturated heterocycles. The molecule has 0 spiro atoms. The van der Waals surface area contributed by atoms with Crippen LogP contribution in [0.5, 0.6) is 0 Å². The number of likely N-dealkylation sites (tertiary alicyclic amines) is 1. The number of hydrogen-bond acceptors (Lipinski definition) is 3. The Morgan fingerprint density at radius 1 is 0.868 bits per heavy atom. The van der Waals surface area contributed by atoms with Gasteiger partial charge in [-0.25, -0.2) is 4.39 Å². The van der Waals surface area contributed by atoms with Crippen molar-refractivity contribution in [2.45, 2.75) is 49.6 Å². The molecule has 4 unspecified atom stereocenters. The summed E-state index contributed by atoms with van der Waals surface area (Å²) < 4.78 is 13.5. The summed E-state index contributed by atoms with van der Waals surface area (Å²) in [4.78, 5) is 18.8. The van der Waals surface area contributed by atoms with Crippen LogP contribution < -0.4 is 0 Å². The maximum Gasteiger partial charge on any atom is 0.254 e. The van der Waals surface area contributed by atoms with Crippen LogP contribution in [0.1, 0.15) is 59.0 Å². The van der Waals surface area contributed by atoms with Crippen LogP contribution in [0.2, 0.25) is 0 Å². The van der Waals surface area contributed by atoms with E-state index in [-0.39, 0.29) is 11.7 Å². The minimum absolute atomic E-state index is 0.155. The molecule has 1 amide bonds. The fourth-order valence-corrected chi connectivity index (χ4v) is 8.24. The van der Waals surface area contributed by atoms with Crippen LogP contribution in [0, 0.1) is 11.7 Å². The van der Waals surface area contributed by atoms with Gasteiger partial charge in [-0.3, -0.25) is 9.69 Å². The van der Waals surface area contributed by atoms with E-state index in [1.807, 2.05) is 36.4 Å². The van der Waals surface area contributed by atoms with E-state index >= 15 is 0 Å². The zero-order valence-corrected chi connectivity index (χ0v) is 22.3. The molecule has 3 aromatic carbocycles. The van der Waals surface area contributed by atoms with Gasteiger partial charge in [0, 0.05) is 43.2 Å². The number of nitrogens with zero attached hydrogens (tertiary/aromatic N) is 2. The molecule has 2 bridgehead atoms. The summed E-state index contributed by atoms with van der Waals surface area (Å²) in [5.41, 5.74) is 3.47. The van der Waals surface area contributed by atoms with Crippen LogP contribution in [-0.4, -0.2) is 47.4 Å². The summed E-state index contributed by atoms with van der Waals surface area (Å²) in [6, 6.07) is 24.9. The van der Waals surface area contributed by atoms with Crippen molar-refractivity contribution in [1.82, 2.24) is 9.80 Å². The molecule has 5 heteroatoms. The van der Waals surface area contributed by atoms with Crippen molar-refractivity contribution in [3.05, 3.63) is 106 Å². The molecule has 3 aliphatic heterocycles. The van der Waals surface area contributed by atoms with E-state index in [1.165, 1.54) is 24.0 Å². The molecule has 38 heavy (non-hydrogen) atoms. The number of amides is 1. The Morgan fingerprint density at radius 2 is 1.63 bits per heavy atom. The number of piperidine rings is 1. The largest absolute Gasteiger partial charge is 0.338 e. The SMILES string of the molecule is O=C(c1cccc2ccccc12)N1CC(CN2C3CCC2CC(c2ccc(F)cc2)C3)C(c2ccsc2)C1. The Kier molecular flexibility index (Phi) is 6.29. The number of halogens is 1. The predicted octanol–water partition coefficient (Wildman–Crippen LogP) is 7.31. The number of rotatable bonds is 5. The molecule has 4 aromatic rings. The summed E-state index contributed by atoms with van der Waals surface area (Å²) in [5, 5.41) is 6.60. The molecular weight excluding hydrogens is 491 g/mol. The second-order valence-corrected chi connectivity index (χ2v) is 12.2. The van der Waals surface area contributed by atoms with Gasteiger partial charge in [0.2, 0.25) is 0 Å². The molecule has 0 N–H and O–H groups in total. The molecule has 3 nitrogen and oxygen atoms in total. The molecule has 0 saturated carbocycles. The van der Waals surface area contributed by atoms with Gasteiger partial charge in [0.1, 0.15) is 5.82 Å². The normalized spacial score (nSPS) is 27.3. The lowest BCUT2D eigenvalue weighted by Gasteiger charge is -2.41. The van der Waals surface area contributed by atoms with Crippen molar-refractivity contribution in [2.75, 3.05) is 19.6 Å². The fourth-order valence-electron chi connectivity index (χ4n) is 7.52. The highest BCUT2D eigenvalue weighted by atomic mass is 32.1. The van der Waals surface area contributed by atoms with Gasteiger partial charge in [0.15, 0.2) is 0 Å². The Morgan fingerprint density at radius 3 is 2.39 bits per heavy atom. The summed E-state index contributed by atoms with van der Waals surface area (Å²) in [7, 11) is 0. The van der Waals surface area contributed by atoms with Gasteiger partial charge in [0.05, 0.1) is 0 Å². The minimum atomic E-state index is -0.155. The van der Waals surface area contributed by atoms with E-state index < -0.39 is 0 Å². The number of benzene rings is 3. The monoisotopic (exact) mass is 524 g/mol. The van der Waals surface area contributed by atoms with E-state index in [0.717, 1.165) is 48.8 Å². The maximum absolute atomic E-state index is 13.9. The third kappa shape index (κ3) is 4.36. The molecule has 3 fully saturated rings. The first-order valence-corrected chi connectivity index (χ1v) is 14.9. The summed E-state index contributed by atoms with van der Waals surface area (Å²) in [6.07, 6.45) is 4.79. The molecule has 4 atom stereocenters. The number of fused-ring (bicyclic) bond motifs is 3. The smallest absolute Gasteiger partial charge is 0.254 e. The van der Waals surface area contributed by atoms with Gasteiger partial charge in [-0.15, -0.1) is 0 Å². The van der Waals surface area contributed by atoms with Gasteiger partial charge < -0.3 is 4.90 Å². The van der Waals surface area contributed by atoms with Crippen LogP contribution in [0.25, 0.3) is 10.8 Å². The van der Waals surface area contributed by atoms with Gasteiger partial charge in [-0.1, -0.05) is 48.5 Å². The molecule has 3 aliphatic rings. The fraction of sp³-hybridized carbons (Fsp3) is 0.364. The summed E-state index contributed by atoms with van der Waals surface area (Å²) in [5.74, 6) is 1.31. The Hall–Kier alpha value is -3.02. The van der Waals surface area contributed by atoms with Crippen molar-refractivity contribution in [2.24, 2.45) is 5.92 Å². The Bertz CT molecular complexity index is 1420. The zero-order chi connectivity index (χ0) is 25.6. The second kappa shape index (κ2) is 9.94. The van der Waals surface area contributed by atoms with Crippen molar-refractivity contribution < 1.29 is 9.18 Å². The van der Waals surface area contributed by atoms with Gasteiger partial charge in [-0.05, 0) is 94.4 Å². The first kappa shape index (κ1) is 24.1. The lowest BCUT2D eigenvalue weighted by molar-refractivity contribution is 0.0770. The molecule has 194 valence electrons. The third-order valence-corrected chi connectivity index (χ3v) is 10.1. The number of carbonyl (C=O) groups excluding carboxylic acids is 1. The highest BCUT2D eigenvalue weighted by Crippen LogP contribution is 2.45. The van der Waals surface area contributed by atoms with Gasteiger partial charge in [0.25, 0.3) is 5.91 Å². The van der Waals surface area contributed by atoms with Crippen LogP contribution in [-0.2, 0) is 0 Å². The molecule has 0 aliphatic carbocycles. The number of hydrogen-bond donors (Lipinski definition) is 0. The number of thiophene rings is 1. The van der Waals surface area contributed by atoms with Crippen LogP contribution >= 0.6 is 11.3 Å². The maximum atomic E-state index is 13.9. The summed E-state index contributed by atoms with van der Waals surface area (Å²) >= 11 is 1.75. The Balaban J connectivity index is 1.11. The minimum Gasteiger partial charge on any atom is -0.338 e. The van der Waals surface area contributed by atoms with Crippen molar-refractivity contribution in [1.29, 1.82) is 0 Å². The van der Waals surface area contributed by atoms with E-state index in [9.17, 15) is 9.18 Å². The highest BCUT2D eigenvalue weighted by Gasteiger charge is 2.45. The predicted molar refractivity (Wildman–Crippen MR) is 152 cm³/mol. The topological polar surface area (TPSA) is 23.6 Å². The molecular formula is C33H33FN2OS. The van der Waals surface area contributed by atoms with Gasteiger partial charge in [-0.2, -0.15) is 11.3 Å². The van der Waals surface area contributed by atoms with Crippen LogP contribution in [0.3, 0.4) is 0 Å². The molecule has 1 aromatic heterocycles. The van der Waals surface area contributed by atoms with Crippen molar-refractivity contribution >= 4 is 28.0 Å². The van der Waals surface area contributed by atoms with Gasteiger partial charge >= 0.3 is 0 Å². The molecule has 4 heterocycles. The van der Waals surface area contributed by atoms with Crippen molar-refractivity contribution in [3.8, 4) is 0 Å². The average Bonchev–Trinajstić information content (AvgIpc) is 3.67. The standard InChI is InChI=1S/C33H33FN2OS/c34-27-10-8-22(9-11-27)25-16-28-12-13-29(17-25)36(28)19-26-18-35(20-32(26)24-14-15-38-21-24)33(37)31-7-3-5-23-4-1-2-6-30(23)31/h1-11,14-15,21,25-26,28-29,32H,12-13,16-20H2. The summed E-state index contributed by atoms with van der Waals surface area (Å²) in [6.45, 7) is 2.63. The molecule has 0 radical (unpaired) electrons. The third-order valence-electron chi connectivity index (χ3n) is 9.39. The molecule has 7 rings (SSSR count). The van der Waals surface area contributed by atoms with Crippen molar-refractivity contribution in [3.63, 3.8) is 0 Å². The van der Waals surface area contributed by atoms with E-state index in [1.54, 1.807) is 23.5 Å². The van der Waals surface area contributed by atoms with Crippen LogP contribution in [0.15, 0.2) is 83.6 Å². The number of carbonyl (C=O) groups is 1. The highest BCUT2D eigenvalue weighted by molar-refractivity contribution is 7.08.